The van der Waals surface area contributed by atoms with E-state index in [0.717, 1.165) is 36.3 Å². The van der Waals surface area contributed by atoms with Gasteiger partial charge in [0.2, 0.25) is 0 Å². The third kappa shape index (κ3) is 1.25. The average molecular weight is 266 g/mol. The molecule has 2 unspecified atom stereocenters. The van der Waals surface area contributed by atoms with Gasteiger partial charge in [-0.3, -0.25) is 0 Å². The van der Waals surface area contributed by atoms with Crippen LogP contribution in [0.4, 0.5) is 0 Å². The molecule has 0 bridgehead atoms. The van der Waals surface area contributed by atoms with Crippen LogP contribution in [0.25, 0.3) is 22.2 Å². The van der Waals surface area contributed by atoms with E-state index in [0.29, 0.717) is 12.0 Å². The summed E-state index contributed by atoms with van der Waals surface area (Å²) in [5.41, 5.74) is 4.55. The number of hydrogen-bond donors (Lipinski definition) is 1. The molecule has 2 atom stereocenters. The number of hydrogen-bond acceptors (Lipinski definition) is 3. The minimum Gasteiger partial charge on any atom is -0.376 e. The Kier molecular flexibility index (Phi) is 1.96. The third-order valence-electron chi connectivity index (χ3n) is 4.53. The van der Waals surface area contributed by atoms with Crippen molar-refractivity contribution in [2.45, 2.75) is 25.0 Å². The van der Waals surface area contributed by atoms with Crippen molar-refractivity contribution >= 4 is 10.9 Å². The van der Waals surface area contributed by atoms with Crippen LogP contribution in [0.2, 0.25) is 0 Å². The lowest BCUT2D eigenvalue weighted by atomic mass is 9.97. The van der Waals surface area contributed by atoms with E-state index in [9.17, 15) is 0 Å². The van der Waals surface area contributed by atoms with Crippen molar-refractivity contribution in [1.82, 2.24) is 20.0 Å². The van der Waals surface area contributed by atoms with Crippen molar-refractivity contribution in [1.29, 1.82) is 0 Å². The molecule has 2 aromatic heterocycles. The molecule has 20 heavy (non-hydrogen) atoms. The minimum atomic E-state index is 0.296. The molecule has 2 aliphatic rings. The van der Waals surface area contributed by atoms with Crippen molar-refractivity contribution in [3.8, 4) is 11.3 Å². The summed E-state index contributed by atoms with van der Waals surface area (Å²) in [4.78, 5) is 3.32. The average Bonchev–Trinajstić information content (AvgIpc) is 3.17. The number of nitrogens with zero attached hydrogens (tertiary/aromatic N) is 3. The van der Waals surface area contributed by atoms with Crippen LogP contribution in [0.15, 0.2) is 30.5 Å². The number of aromatic amines is 1. The van der Waals surface area contributed by atoms with E-state index in [1.165, 1.54) is 11.1 Å². The summed E-state index contributed by atoms with van der Waals surface area (Å²) < 4.78 is 7.80. The Morgan fingerprint density at radius 1 is 1.30 bits per heavy atom. The maximum Gasteiger partial charge on any atom is 0.118 e. The SMILES string of the molecule is c1ccc2c(-c3nnn4c3C3CCOC3C4)c[nH]c2c1. The van der Waals surface area contributed by atoms with Gasteiger partial charge in [-0.15, -0.1) is 5.10 Å². The van der Waals surface area contributed by atoms with Crippen LogP contribution in [0, 0.1) is 0 Å². The molecule has 5 heteroatoms. The van der Waals surface area contributed by atoms with Crippen LogP contribution >= 0.6 is 0 Å². The van der Waals surface area contributed by atoms with Gasteiger partial charge in [0, 0.05) is 35.2 Å². The highest BCUT2D eigenvalue weighted by atomic mass is 16.5. The zero-order chi connectivity index (χ0) is 13.1. The molecule has 1 N–H and O–H groups in total. The fourth-order valence-electron chi connectivity index (χ4n) is 3.59. The summed E-state index contributed by atoms with van der Waals surface area (Å²) in [6.07, 6.45) is 3.41. The summed E-state index contributed by atoms with van der Waals surface area (Å²) in [5, 5.41) is 9.95. The molecule has 0 saturated carbocycles. The number of fused-ring (bicyclic) bond motifs is 4. The minimum absolute atomic E-state index is 0.296. The van der Waals surface area contributed by atoms with Gasteiger partial charge in [0.15, 0.2) is 0 Å². The smallest absolute Gasteiger partial charge is 0.118 e. The van der Waals surface area contributed by atoms with E-state index >= 15 is 0 Å². The first-order chi connectivity index (χ1) is 9.92. The highest BCUT2D eigenvalue weighted by Crippen LogP contribution is 2.42. The van der Waals surface area contributed by atoms with Crippen LogP contribution < -0.4 is 0 Å². The first kappa shape index (κ1) is 10.6. The Morgan fingerprint density at radius 3 is 3.25 bits per heavy atom. The number of H-pyrrole nitrogens is 1. The molecule has 1 saturated heterocycles. The van der Waals surface area contributed by atoms with Crippen LogP contribution in [0.1, 0.15) is 18.0 Å². The topological polar surface area (TPSA) is 55.7 Å². The number of nitrogens with one attached hydrogen (secondary N) is 1. The van der Waals surface area contributed by atoms with Gasteiger partial charge in [-0.2, -0.15) is 0 Å². The lowest BCUT2D eigenvalue weighted by Crippen LogP contribution is -2.11. The number of rotatable bonds is 1. The first-order valence-electron chi connectivity index (χ1n) is 7.03. The predicted molar refractivity (Wildman–Crippen MR) is 74.4 cm³/mol. The van der Waals surface area contributed by atoms with Crippen molar-refractivity contribution in [3.05, 3.63) is 36.2 Å². The van der Waals surface area contributed by atoms with Crippen LogP contribution in [-0.4, -0.2) is 32.7 Å². The molecular weight excluding hydrogens is 252 g/mol. The maximum atomic E-state index is 5.78. The van der Waals surface area contributed by atoms with Gasteiger partial charge >= 0.3 is 0 Å². The van der Waals surface area contributed by atoms with E-state index in [2.05, 4.69) is 33.5 Å². The Balaban J connectivity index is 1.73. The molecule has 5 nitrogen and oxygen atoms in total. The first-order valence-corrected chi connectivity index (χ1v) is 7.03. The Labute approximate surface area is 115 Å². The van der Waals surface area contributed by atoms with Gasteiger partial charge in [0.25, 0.3) is 0 Å². The highest BCUT2D eigenvalue weighted by Gasteiger charge is 2.41. The van der Waals surface area contributed by atoms with Gasteiger partial charge < -0.3 is 9.72 Å². The number of para-hydroxylation sites is 1. The second-order valence-corrected chi connectivity index (χ2v) is 5.56. The molecule has 0 spiro atoms. The van der Waals surface area contributed by atoms with Crippen molar-refractivity contribution in [3.63, 3.8) is 0 Å². The van der Waals surface area contributed by atoms with E-state index < -0.39 is 0 Å². The molecule has 100 valence electrons. The second kappa shape index (κ2) is 3.70. The van der Waals surface area contributed by atoms with Crippen molar-refractivity contribution < 1.29 is 4.74 Å². The largest absolute Gasteiger partial charge is 0.376 e. The van der Waals surface area contributed by atoms with Crippen LogP contribution in [0.5, 0.6) is 0 Å². The lowest BCUT2D eigenvalue weighted by molar-refractivity contribution is 0.0993. The summed E-state index contributed by atoms with van der Waals surface area (Å²) in [6, 6.07) is 8.32. The molecule has 4 heterocycles. The quantitative estimate of drug-likeness (QED) is 0.735. The zero-order valence-electron chi connectivity index (χ0n) is 10.9. The van der Waals surface area contributed by atoms with Gasteiger partial charge in [0.1, 0.15) is 5.69 Å². The molecular formula is C15H14N4O. The molecule has 3 aromatic rings. The zero-order valence-corrected chi connectivity index (χ0v) is 10.9. The molecule has 5 rings (SSSR count). The number of ether oxygens (including phenoxy) is 1. The molecule has 1 aromatic carbocycles. The highest BCUT2D eigenvalue weighted by molar-refractivity contribution is 5.95. The monoisotopic (exact) mass is 266 g/mol. The maximum absolute atomic E-state index is 5.78. The van der Waals surface area contributed by atoms with Gasteiger partial charge in [-0.05, 0) is 12.5 Å². The lowest BCUT2D eigenvalue weighted by Gasteiger charge is -2.07. The number of aromatic nitrogens is 4. The standard InChI is InChI=1S/C15H14N4O/c1-2-4-12-9(3-1)11(7-16-12)14-15-10-5-6-20-13(10)8-19(15)18-17-14/h1-4,7,10,13,16H,5-6,8H2. The normalized spacial score (nSPS) is 24.2. The summed E-state index contributed by atoms with van der Waals surface area (Å²) in [6.45, 7) is 1.70. The molecule has 2 aliphatic heterocycles. The third-order valence-corrected chi connectivity index (χ3v) is 4.53. The van der Waals surface area contributed by atoms with Crippen molar-refractivity contribution in [2.75, 3.05) is 6.61 Å². The Morgan fingerprint density at radius 2 is 2.25 bits per heavy atom. The van der Waals surface area contributed by atoms with Crippen LogP contribution in [0.3, 0.4) is 0 Å². The van der Waals surface area contributed by atoms with Crippen molar-refractivity contribution in [2.24, 2.45) is 0 Å². The summed E-state index contributed by atoms with van der Waals surface area (Å²) in [7, 11) is 0. The van der Waals surface area contributed by atoms with Gasteiger partial charge in [-0.1, -0.05) is 23.4 Å². The Bertz CT molecular complexity index is 803. The van der Waals surface area contributed by atoms with Crippen LogP contribution in [-0.2, 0) is 11.3 Å². The molecule has 0 amide bonds. The fourth-order valence-corrected chi connectivity index (χ4v) is 3.59. The second-order valence-electron chi connectivity index (χ2n) is 5.56. The fraction of sp³-hybridized carbons (Fsp3) is 0.333. The Hall–Kier alpha value is -2.14. The molecule has 0 radical (unpaired) electrons. The van der Waals surface area contributed by atoms with E-state index in [4.69, 9.17) is 4.74 Å². The van der Waals surface area contributed by atoms with E-state index in [1.807, 2.05) is 16.9 Å². The summed E-state index contributed by atoms with van der Waals surface area (Å²) >= 11 is 0. The molecule has 1 fully saturated rings. The van der Waals surface area contributed by atoms with E-state index in [-0.39, 0.29) is 0 Å². The van der Waals surface area contributed by atoms with Gasteiger partial charge in [-0.25, -0.2) is 4.68 Å². The summed E-state index contributed by atoms with van der Waals surface area (Å²) in [5.74, 6) is 0.452. The predicted octanol–water partition coefficient (Wildman–Crippen LogP) is 2.31. The molecule has 0 aliphatic carbocycles. The number of benzene rings is 1. The van der Waals surface area contributed by atoms with Gasteiger partial charge in [0.05, 0.1) is 18.3 Å². The van der Waals surface area contributed by atoms with E-state index in [1.54, 1.807) is 0 Å².